The van der Waals surface area contributed by atoms with Crippen LogP contribution < -0.4 is 0 Å². The van der Waals surface area contributed by atoms with Gasteiger partial charge in [0.25, 0.3) is 0 Å². The highest BCUT2D eigenvalue weighted by atomic mass is 16.3. The Bertz CT molecular complexity index is 1190. The molecule has 0 heterocycles. The van der Waals surface area contributed by atoms with E-state index in [1.165, 1.54) is 40.7 Å². The number of hydrogen-bond donors (Lipinski definition) is 1. The van der Waals surface area contributed by atoms with E-state index >= 15 is 0 Å². The summed E-state index contributed by atoms with van der Waals surface area (Å²) >= 11 is 0. The highest BCUT2D eigenvalue weighted by Crippen LogP contribution is 2.46. The molecule has 4 rings (SSSR count). The van der Waals surface area contributed by atoms with Gasteiger partial charge in [-0.15, -0.1) is 0 Å². The largest absolute Gasteiger partial charge is 0.508 e. The molecule has 0 saturated heterocycles. The van der Waals surface area contributed by atoms with Gasteiger partial charge in [0.1, 0.15) is 5.75 Å². The molecule has 0 spiro atoms. The Morgan fingerprint density at radius 3 is 2.03 bits per heavy atom. The first-order chi connectivity index (χ1) is 15.5. The number of hydrogen-bond acceptors (Lipinski definition) is 1. The lowest BCUT2D eigenvalue weighted by atomic mass is 9.63. The zero-order chi connectivity index (χ0) is 23.8. The van der Waals surface area contributed by atoms with Gasteiger partial charge < -0.3 is 5.11 Å². The fourth-order valence-electron chi connectivity index (χ4n) is 4.94. The van der Waals surface area contributed by atoms with E-state index in [2.05, 4.69) is 89.7 Å². The standard InChI is InChI=1S/C32H36O/c1-22(19-25-9-14-28(33)15-10-25)26-11-7-24(8-12-26)20-23(2)27-13-16-29-30(21-27)32(5,6)18-17-31(29,3)4/h7-16,20-21,33H,1,17-19H2,2-6H3/b23-20+. The van der Waals surface area contributed by atoms with Gasteiger partial charge in [-0.2, -0.15) is 0 Å². The topological polar surface area (TPSA) is 20.2 Å². The van der Waals surface area contributed by atoms with Gasteiger partial charge in [-0.25, -0.2) is 0 Å². The maximum Gasteiger partial charge on any atom is 0.115 e. The minimum Gasteiger partial charge on any atom is -0.508 e. The Morgan fingerprint density at radius 2 is 1.39 bits per heavy atom. The lowest BCUT2D eigenvalue weighted by Crippen LogP contribution is -2.33. The van der Waals surface area contributed by atoms with E-state index in [4.69, 9.17) is 0 Å². The second-order valence-electron chi connectivity index (χ2n) is 10.9. The lowest BCUT2D eigenvalue weighted by Gasteiger charge is -2.42. The predicted molar refractivity (Wildman–Crippen MR) is 143 cm³/mol. The molecule has 33 heavy (non-hydrogen) atoms. The van der Waals surface area contributed by atoms with Crippen LogP contribution in [0, 0.1) is 0 Å². The number of rotatable bonds is 5. The van der Waals surface area contributed by atoms with Crippen molar-refractivity contribution in [1.29, 1.82) is 0 Å². The van der Waals surface area contributed by atoms with Gasteiger partial charge in [-0.3, -0.25) is 0 Å². The van der Waals surface area contributed by atoms with Gasteiger partial charge >= 0.3 is 0 Å². The maximum absolute atomic E-state index is 9.47. The van der Waals surface area contributed by atoms with E-state index in [-0.39, 0.29) is 10.8 Å². The van der Waals surface area contributed by atoms with Crippen molar-refractivity contribution in [2.24, 2.45) is 0 Å². The lowest BCUT2D eigenvalue weighted by molar-refractivity contribution is 0.332. The Kier molecular flexibility index (Phi) is 6.10. The first kappa shape index (κ1) is 23.1. The summed E-state index contributed by atoms with van der Waals surface area (Å²) in [4.78, 5) is 0. The average Bonchev–Trinajstić information content (AvgIpc) is 2.79. The van der Waals surface area contributed by atoms with Crippen molar-refractivity contribution in [3.05, 3.63) is 107 Å². The Balaban J connectivity index is 1.53. The first-order valence-electron chi connectivity index (χ1n) is 11.9. The summed E-state index contributed by atoms with van der Waals surface area (Å²) in [6.07, 6.45) is 5.52. The molecule has 0 bridgehead atoms. The summed E-state index contributed by atoms with van der Waals surface area (Å²) in [5.41, 5.74) is 10.6. The molecule has 170 valence electrons. The summed E-state index contributed by atoms with van der Waals surface area (Å²) in [6, 6.07) is 23.1. The van der Waals surface area contributed by atoms with Crippen molar-refractivity contribution >= 4 is 17.2 Å². The van der Waals surface area contributed by atoms with Crippen molar-refractivity contribution in [2.45, 2.75) is 64.7 Å². The Labute approximate surface area is 199 Å². The van der Waals surface area contributed by atoms with Gasteiger partial charge in [0.15, 0.2) is 0 Å². The highest BCUT2D eigenvalue weighted by molar-refractivity contribution is 5.81. The fourth-order valence-corrected chi connectivity index (χ4v) is 4.94. The molecule has 0 unspecified atom stereocenters. The van der Waals surface area contributed by atoms with Crippen molar-refractivity contribution in [1.82, 2.24) is 0 Å². The minimum absolute atomic E-state index is 0.223. The number of phenols is 1. The third kappa shape index (κ3) is 4.98. The Hall–Kier alpha value is -3.06. The zero-order valence-corrected chi connectivity index (χ0v) is 20.7. The van der Waals surface area contributed by atoms with Gasteiger partial charge in [0, 0.05) is 0 Å². The molecule has 0 saturated carbocycles. The average molecular weight is 437 g/mol. The van der Waals surface area contributed by atoms with E-state index in [0.717, 1.165) is 23.1 Å². The van der Waals surface area contributed by atoms with E-state index in [1.54, 1.807) is 12.1 Å². The molecule has 1 aliphatic carbocycles. The van der Waals surface area contributed by atoms with Crippen molar-refractivity contribution in [3.8, 4) is 5.75 Å². The van der Waals surface area contributed by atoms with Crippen LogP contribution in [-0.2, 0) is 17.3 Å². The van der Waals surface area contributed by atoms with Crippen molar-refractivity contribution in [3.63, 3.8) is 0 Å². The quantitative estimate of drug-likeness (QED) is 0.397. The summed E-state index contributed by atoms with van der Waals surface area (Å²) in [6.45, 7) is 16.0. The molecular weight excluding hydrogens is 400 g/mol. The summed E-state index contributed by atoms with van der Waals surface area (Å²) in [5.74, 6) is 0.294. The first-order valence-corrected chi connectivity index (χ1v) is 11.9. The molecular formula is C32H36O. The third-order valence-corrected chi connectivity index (χ3v) is 7.36. The van der Waals surface area contributed by atoms with Crippen LogP contribution in [0.3, 0.4) is 0 Å². The molecule has 1 aliphatic rings. The van der Waals surface area contributed by atoms with Gasteiger partial charge in [0.2, 0.25) is 0 Å². The number of allylic oxidation sites excluding steroid dienone is 2. The molecule has 1 heteroatoms. The van der Waals surface area contributed by atoms with Crippen LogP contribution in [0.1, 0.15) is 80.8 Å². The third-order valence-electron chi connectivity index (χ3n) is 7.36. The smallest absolute Gasteiger partial charge is 0.115 e. The molecule has 0 atom stereocenters. The molecule has 0 radical (unpaired) electrons. The van der Waals surface area contributed by atoms with Crippen LogP contribution in [0.15, 0.2) is 73.3 Å². The number of phenolic OH excluding ortho intramolecular Hbond substituents is 1. The number of fused-ring (bicyclic) bond motifs is 1. The van der Waals surface area contributed by atoms with Gasteiger partial charge in [-0.05, 0) is 93.7 Å². The zero-order valence-electron chi connectivity index (χ0n) is 20.7. The Morgan fingerprint density at radius 1 is 0.818 bits per heavy atom. The molecule has 1 nitrogen and oxygen atoms in total. The molecule has 0 amide bonds. The predicted octanol–water partition coefficient (Wildman–Crippen LogP) is 8.56. The maximum atomic E-state index is 9.47. The van der Waals surface area contributed by atoms with Crippen LogP contribution in [0.25, 0.3) is 17.2 Å². The van der Waals surface area contributed by atoms with E-state index in [0.29, 0.717) is 5.75 Å². The minimum atomic E-state index is 0.223. The molecule has 0 aromatic heterocycles. The SMILES string of the molecule is C=C(Cc1ccc(O)cc1)c1ccc(/C=C(\C)c2ccc3c(c2)C(C)(C)CCC3(C)C)cc1. The molecule has 1 N–H and O–H groups in total. The van der Waals surface area contributed by atoms with Crippen LogP contribution in [0.4, 0.5) is 0 Å². The van der Waals surface area contributed by atoms with Crippen molar-refractivity contribution < 1.29 is 5.11 Å². The number of aromatic hydroxyl groups is 1. The van der Waals surface area contributed by atoms with Crippen LogP contribution >= 0.6 is 0 Å². The molecule has 3 aromatic rings. The van der Waals surface area contributed by atoms with Crippen LogP contribution in [0.5, 0.6) is 5.75 Å². The second kappa shape index (κ2) is 8.71. The number of benzene rings is 3. The van der Waals surface area contributed by atoms with E-state index in [9.17, 15) is 5.11 Å². The second-order valence-corrected chi connectivity index (χ2v) is 10.9. The highest BCUT2D eigenvalue weighted by Gasteiger charge is 2.36. The fraction of sp³-hybridized carbons (Fsp3) is 0.312. The summed E-state index contributed by atoms with van der Waals surface area (Å²) in [7, 11) is 0. The van der Waals surface area contributed by atoms with E-state index < -0.39 is 0 Å². The van der Waals surface area contributed by atoms with Gasteiger partial charge in [-0.1, -0.05) is 94.9 Å². The van der Waals surface area contributed by atoms with Crippen LogP contribution in [-0.4, -0.2) is 5.11 Å². The van der Waals surface area contributed by atoms with Crippen LogP contribution in [0.2, 0.25) is 0 Å². The normalized spacial score (nSPS) is 16.8. The van der Waals surface area contributed by atoms with Crippen molar-refractivity contribution in [2.75, 3.05) is 0 Å². The molecule has 3 aromatic carbocycles. The summed E-state index contributed by atoms with van der Waals surface area (Å²) in [5, 5.41) is 9.47. The van der Waals surface area contributed by atoms with Gasteiger partial charge in [0.05, 0.1) is 0 Å². The summed E-state index contributed by atoms with van der Waals surface area (Å²) < 4.78 is 0. The van der Waals surface area contributed by atoms with E-state index in [1.807, 2.05) is 12.1 Å². The molecule has 0 fully saturated rings. The molecule has 0 aliphatic heterocycles. The monoisotopic (exact) mass is 436 g/mol.